The summed E-state index contributed by atoms with van der Waals surface area (Å²) < 4.78 is 11.5. The van der Waals surface area contributed by atoms with Crippen LogP contribution in [0, 0.1) is 31.1 Å². The van der Waals surface area contributed by atoms with Crippen LogP contribution < -0.4 is 14.8 Å². The van der Waals surface area contributed by atoms with E-state index in [-0.39, 0.29) is 5.57 Å². The molecule has 1 amide bonds. The van der Waals surface area contributed by atoms with E-state index in [4.69, 9.17) is 9.47 Å². The number of carbonyl (C=O) groups is 1. The Bertz CT molecular complexity index is 1190. The molecule has 0 saturated heterocycles. The van der Waals surface area contributed by atoms with E-state index >= 15 is 0 Å². The third-order valence-electron chi connectivity index (χ3n) is 4.78. The zero-order valence-electron chi connectivity index (χ0n) is 19.8. The van der Waals surface area contributed by atoms with Gasteiger partial charge in [0.2, 0.25) is 5.13 Å². The quantitative estimate of drug-likeness (QED) is 0.240. The summed E-state index contributed by atoms with van der Waals surface area (Å²) in [5.41, 5.74) is 2.93. The predicted molar refractivity (Wildman–Crippen MR) is 134 cm³/mol. The van der Waals surface area contributed by atoms with E-state index in [0.717, 1.165) is 28.3 Å². The Kier molecular flexibility index (Phi) is 8.77. The number of hydrogen-bond acceptors (Lipinski definition) is 7. The Morgan fingerprint density at radius 3 is 2.56 bits per heavy atom. The van der Waals surface area contributed by atoms with Gasteiger partial charge >= 0.3 is 0 Å². The summed E-state index contributed by atoms with van der Waals surface area (Å²) in [6.45, 7) is 9.04. The van der Waals surface area contributed by atoms with E-state index in [9.17, 15) is 10.1 Å². The summed E-state index contributed by atoms with van der Waals surface area (Å²) in [5.74, 6) is 1.47. The van der Waals surface area contributed by atoms with Crippen LogP contribution in [0.2, 0.25) is 0 Å². The van der Waals surface area contributed by atoms with E-state index in [1.807, 2.05) is 32.0 Å². The van der Waals surface area contributed by atoms with Crippen molar-refractivity contribution >= 4 is 28.5 Å². The minimum absolute atomic E-state index is 0.0174. The van der Waals surface area contributed by atoms with Crippen LogP contribution in [-0.2, 0) is 11.2 Å². The topological polar surface area (TPSA) is 97.1 Å². The maximum Gasteiger partial charge on any atom is 0.268 e. The number of nitrogens with zero attached hydrogens (tertiary/aromatic N) is 3. The van der Waals surface area contributed by atoms with Crippen LogP contribution in [0.4, 0.5) is 5.13 Å². The van der Waals surface area contributed by atoms with E-state index in [0.29, 0.717) is 35.6 Å². The molecular weight excluding hydrogens is 448 g/mol. The third kappa shape index (κ3) is 7.42. The molecule has 176 valence electrons. The van der Waals surface area contributed by atoms with Gasteiger partial charge in [-0.15, -0.1) is 10.2 Å². The summed E-state index contributed by atoms with van der Waals surface area (Å²) in [6, 6.07) is 15.2. The van der Waals surface area contributed by atoms with Gasteiger partial charge in [0.25, 0.3) is 5.91 Å². The first-order valence-corrected chi connectivity index (χ1v) is 11.8. The Labute approximate surface area is 204 Å². The first kappa shape index (κ1) is 24.9. The second-order valence-corrected chi connectivity index (χ2v) is 9.32. The van der Waals surface area contributed by atoms with Gasteiger partial charge < -0.3 is 9.47 Å². The maximum absolute atomic E-state index is 12.5. The van der Waals surface area contributed by atoms with Crippen molar-refractivity contribution < 1.29 is 14.3 Å². The Morgan fingerprint density at radius 2 is 1.85 bits per heavy atom. The standard InChI is InChI=1S/C26H28N4O3S/c1-17(2)13-24-29-30-26(34-24)28-25(31)21(16-27)15-20-7-9-22(10-8-20)32-11-12-33-23-14-18(3)5-6-19(23)4/h5-10,14-15,17H,11-13H2,1-4H3,(H,28,30,31)/b21-15-. The number of amides is 1. The van der Waals surface area contributed by atoms with Crippen molar-refractivity contribution in [2.75, 3.05) is 18.5 Å². The van der Waals surface area contributed by atoms with Crippen LogP contribution in [0.15, 0.2) is 48.0 Å². The number of aromatic nitrogens is 2. The third-order valence-corrected chi connectivity index (χ3v) is 5.64. The van der Waals surface area contributed by atoms with Gasteiger partial charge in [0, 0.05) is 6.42 Å². The average molecular weight is 477 g/mol. The fourth-order valence-electron chi connectivity index (χ4n) is 3.05. The van der Waals surface area contributed by atoms with Crippen LogP contribution in [-0.4, -0.2) is 29.3 Å². The van der Waals surface area contributed by atoms with Gasteiger partial charge in [-0.25, -0.2) is 0 Å². The Morgan fingerprint density at radius 1 is 1.12 bits per heavy atom. The molecule has 1 N–H and O–H groups in total. The molecule has 1 aromatic heterocycles. The highest BCUT2D eigenvalue weighted by Crippen LogP contribution is 2.21. The number of anilines is 1. The lowest BCUT2D eigenvalue weighted by molar-refractivity contribution is -0.112. The lowest BCUT2D eigenvalue weighted by Gasteiger charge is -2.11. The number of ether oxygens (including phenoxy) is 2. The van der Waals surface area contributed by atoms with Crippen molar-refractivity contribution in [3.8, 4) is 17.6 Å². The molecule has 0 atom stereocenters. The molecule has 0 bridgehead atoms. The van der Waals surface area contributed by atoms with Crippen molar-refractivity contribution in [2.45, 2.75) is 34.1 Å². The van der Waals surface area contributed by atoms with Crippen LogP contribution in [0.25, 0.3) is 6.08 Å². The molecule has 0 aliphatic rings. The van der Waals surface area contributed by atoms with Crippen molar-refractivity contribution in [1.82, 2.24) is 10.2 Å². The minimum Gasteiger partial charge on any atom is -0.490 e. The highest BCUT2D eigenvalue weighted by Gasteiger charge is 2.13. The first-order valence-electron chi connectivity index (χ1n) is 11.0. The minimum atomic E-state index is -0.515. The molecule has 0 fully saturated rings. The van der Waals surface area contributed by atoms with Gasteiger partial charge in [0.05, 0.1) is 0 Å². The summed E-state index contributed by atoms with van der Waals surface area (Å²) in [6.07, 6.45) is 2.32. The van der Waals surface area contributed by atoms with Crippen molar-refractivity contribution in [3.05, 3.63) is 69.7 Å². The number of benzene rings is 2. The largest absolute Gasteiger partial charge is 0.490 e. The van der Waals surface area contributed by atoms with Crippen LogP contribution >= 0.6 is 11.3 Å². The highest BCUT2D eigenvalue weighted by atomic mass is 32.1. The molecule has 0 radical (unpaired) electrons. The number of nitriles is 1. The van der Waals surface area contributed by atoms with Crippen molar-refractivity contribution in [1.29, 1.82) is 5.26 Å². The molecule has 8 heteroatoms. The van der Waals surface area contributed by atoms with E-state index in [1.54, 1.807) is 24.3 Å². The second-order valence-electron chi connectivity index (χ2n) is 8.26. The second kappa shape index (κ2) is 12.0. The van der Waals surface area contributed by atoms with Crippen molar-refractivity contribution in [2.24, 2.45) is 5.92 Å². The zero-order valence-corrected chi connectivity index (χ0v) is 20.6. The molecule has 7 nitrogen and oxygen atoms in total. The smallest absolute Gasteiger partial charge is 0.268 e. The number of aryl methyl sites for hydroxylation is 2. The van der Waals surface area contributed by atoms with E-state index < -0.39 is 5.91 Å². The molecular formula is C26H28N4O3S. The Balaban J connectivity index is 1.52. The molecule has 3 rings (SSSR count). The normalized spacial score (nSPS) is 11.2. The Hall–Kier alpha value is -3.70. The molecule has 0 aliphatic heterocycles. The number of nitrogens with one attached hydrogen (secondary N) is 1. The van der Waals surface area contributed by atoms with Gasteiger partial charge in [-0.1, -0.05) is 49.4 Å². The van der Waals surface area contributed by atoms with Crippen LogP contribution in [0.1, 0.15) is 35.5 Å². The fraction of sp³-hybridized carbons (Fsp3) is 0.308. The highest BCUT2D eigenvalue weighted by molar-refractivity contribution is 7.15. The molecule has 34 heavy (non-hydrogen) atoms. The molecule has 0 spiro atoms. The monoisotopic (exact) mass is 476 g/mol. The van der Waals surface area contributed by atoms with Crippen LogP contribution in [0.3, 0.4) is 0 Å². The maximum atomic E-state index is 12.5. The summed E-state index contributed by atoms with van der Waals surface area (Å²) >= 11 is 1.32. The first-order chi connectivity index (χ1) is 16.3. The summed E-state index contributed by atoms with van der Waals surface area (Å²) in [4.78, 5) is 12.5. The number of hydrogen-bond donors (Lipinski definition) is 1. The van der Waals surface area contributed by atoms with Crippen molar-refractivity contribution in [3.63, 3.8) is 0 Å². The van der Waals surface area contributed by atoms with Crippen LogP contribution in [0.5, 0.6) is 11.5 Å². The molecule has 0 aliphatic carbocycles. The molecule has 2 aromatic carbocycles. The van der Waals surface area contributed by atoms with Gasteiger partial charge in [-0.05, 0) is 60.7 Å². The van der Waals surface area contributed by atoms with E-state index in [2.05, 4.69) is 35.4 Å². The molecule has 3 aromatic rings. The van der Waals surface area contributed by atoms with Gasteiger partial charge in [-0.2, -0.15) is 5.26 Å². The summed E-state index contributed by atoms with van der Waals surface area (Å²) in [7, 11) is 0. The average Bonchev–Trinajstić information content (AvgIpc) is 3.23. The summed E-state index contributed by atoms with van der Waals surface area (Å²) in [5, 5.41) is 21.4. The zero-order chi connectivity index (χ0) is 24.5. The SMILES string of the molecule is Cc1ccc(C)c(OCCOc2ccc(/C=C(/C#N)C(=O)Nc3nnc(CC(C)C)s3)cc2)c1. The lowest BCUT2D eigenvalue weighted by atomic mass is 10.1. The number of carbonyl (C=O) groups excluding carboxylic acids is 1. The molecule has 1 heterocycles. The molecule has 0 saturated carbocycles. The predicted octanol–water partition coefficient (Wildman–Crippen LogP) is 5.36. The molecule has 0 unspecified atom stereocenters. The van der Waals surface area contributed by atoms with Gasteiger partial charge in [0.1, 0.15) is 41.4 Å². The lowest BCUT2D eigenvalue weighted by Crippen LogP contribution is -2.13. The fourth-order valence-corrected chi connectivity index (χ4v) is 4.00. The van der Waals surface area contributed by atoms with Gasteiger partial charge in [0.15, 0.2) is 0 Å². The van der Waals surface area contributed by atoms with Gasteiger partial charge in [-0.3, -0.25) is 10.1 Å². The number of rotatable bonds is 10. The van der Waals surface area contributed by atoms with E-state index in [1.165, 1.54) is 17.4 Å².